The van der Waals surface area contributed by atoms with Gasteiger partial charge in [-0.2, -0.15) is 4.31 Å². The summed E-state index contributed by atoms with van der Waals surface area (Å²) in [4.78, 5) is 12.1. The van der Waals surface area contributed by atoms with Crippen molar-refractivity contribution in [2.75, 3.05) is 39.0 Å². The maximum absolute atomic E-state index is 12.1. The Kier molecular flexibility index (Phi) is 8.61. The molecule has 8 heteroatoms. The molecule has 2 fully saturated rings. The fourth-order valence-corrected chi connectivity index (χ4v) is 4.33. The van der Waals surface area contributed by atoms with E-state index in [1.54, 1.807) is 0 Å². The van der Waals surface area contributed by atoms with Crippen molar-refractivity contribution < 1.29 is 17.9 Å². The Labute approximate surface area is 151 Å². The van der Waals surface area contributed by atoms with Gasteiger partial charge in [0.15, 0.2) is 0 Å². The largest absolute Gasteiger partial charge is 0.374 e. The topological polar surface area (TPSA) is 87.7 Å². The number of nitrogens with zero attached hydrogens (tertiary/aromatic N) is 1. The molecule has 1 atom stereocenters. The highest BCUT2D eigenvalue weighted by atomic mass is 32.2. The number of amides is 1. The minimum Gasteiger partial charge on any atom is -0.374 e. The lowest BCUT2D eigenvalue weighted by molar-refractivity contribution is -0.121. The van der Waals surface area contributed by atoms with Crippen molar-refractivity contribution in [3.63, 3.8) is 0 Å². The Hall–Kier alpha value is -0.700. The Morgan fingerprint density at radius 1 is 1.16 bits per heavy atom. The lowest BCUT2D eigenvalue weighted by Crippen LogP contribution is -2.48. The molecule has 2 rings (SSSR count). The van der Waals surface area contributed by atoms with Crippen molar-refractivity contribution in [2.45, 2.75) is 63.5 Å². The third kappa shape index (κ3) is 8.02. The third-order valence-electron chi connectivity index (χ3n) is 4.94. The average Bonchev–Trinajstić information content (AvgIpc) is 2.53. The van der Waals surface area contributed by atoms with E-state index in [0.29, 0.717) is 45.2 Å². The van der Waals surface area contributed by atoms with E-state index in [9.17, 15) is 13.2 Å². The molecule has 0 radical (unpaired) electrons. The number of hydrogen-bond acceptors (Lipinski definition) is 5. The molecule has 0 unspecified atom stereocenters. The van der Waals surface area contributed by atoms with Crippen LogP contribution in [-0.2, 0) is 19.6 Å². The summed E-state index contributed by atoms with van der Waals surface area (Å²) in [7, 11) is -3.16. The molecule has 0 aromatic heterocycles. The number of sulfonamides is 1. The van der Waals surface area contributed by atoms with E-state index in [1.165, 1.54) is 42.7 Å². The minimum atomic E-state index is -3.16. The first-order valence-electron chi connectivity index (χ1n) is 9.52. The molecule has 1 saturated carbocycles. The van der Waals surface area contributed by atoms with Crippen LogP contribution >= 0.6 is 0 Å². The second kappa shape index (κ2) is 10.4. The van der Waals surface area contributed by atoms with Gasteiger partial charge in [-0.25, -0.2) is 8.42 Å². The summed E-state index contributed by atoms with van der Waals surface area (Å²) in [6, 6.07) is 0.331. The van der Waals surface area contributed by atoms with Crippen molar-refractivity contribution in [1.82, 2.24) is 14.9 Å². The number of rotatable bonds is 7. The summed E-state index contributed by atoms with van der Waals surface area (Å²) in [6.45, 7) is 2.35. The number of nitrogens with one attached hydrogen (secondary N) is 2. The van der Waals surface area contributed by atoms with Crippen molar-refractivity contribution in [2.24, 2.45) is 0 Å². The zero-order chi connectivity index (χ0) is 18.1. The molecule has 1 amide bonds. The van der Waals surface area contributed by atoms with E-state index in [1.807, 2.05) is 0 Å². The number of carbonyl (C=O) groups is 1. The first-order valence-corrected chi connectivity index (χ1v) is 11.4. The molecular formula is C17H33N3O4S. The quantitative estimate of drug-likeness (QED) is 0.644. The summed E-state index contributed by atoms with van der Waals surface area (Å²) in [5.74, 6) is 0.0976. The van der Waals surface area contributed by atoms with Gasteiger partial charge < -0.3 is 15.4 Å². The average molecular weight is 376 g/mol. The van der Waals surface area contributed by atoms with E-state index in [4.69, 9.17) is 4.74 Å². The maximum atomic E-state index is 12.1. The van der Waals surface area contributed by atoms with Crippen LogP contribution in [0.5, 0.6) is 0 Å². The van der Waals surface area contributed by atoms with Crippen molar-refractivity contribution in [1.29, 1.82) is 0 Å². The zero-order valence-corrected chi connectivity index (χ0v) is 16.2. The monoisotopic (exact) mass is 375 g/mol. The Bertz CT molecular complexity index is 504. The summed E-state index contributed by atoms with van der Waals surface area (Å²) < 4.78 is 30.2. The predicted octanol–water partition coefficient (Wildman–Crippen LogP) is 0.856. The van der Waals surface area contributed by atoms with E-state index in [2.05, 4.69) is 10.6 Å². The maximum Gasteiger partial charge on any atom is 0.221 e. The SMILES string of the molecule is CS(=O)(=O)N1CCO[C@@H](CNCCC(=O)NC2CCCCCCC2)C1. The van der Waals surface area contributed by atoms with Crippen LogP contribution in [-0.4, -0.2) is 69.8 Å². The lowest BCUT2D eigenvalue weighted by atomic mass is 9.96. The van der Waals surface area contributed by atoms with Crippen LogP contribution in [0.2, 0.25) is 0 Å². The van der Waals surface area contributed by atoms with Crippen molar-refractivity contribution in [3.8, 4) is 0 Å². The molecule has 1 aliphatic heterocycles. The highest BCUT2D eigenvalue weighted by molar-refractivity contribution is 7.88. The molecule has 25 heavy (non-hydrogen) atoms. The van der Waals surface area contributed by atoms with Crippen LogP contribution in [0.1, 0.15) is 51.4 Å². The molecular weight excluding hydrogens is 342 g/mol. The normalized spacial score (nSPS) is 24.4. The van der Waals surface area contributed by atoms with Gasteiger partial charge in [0.25, 0.3) is 0 Å². The predicted molar refractivity (Wildman–Crippen MR) is 97.9 cm³/mol. The van der Waals surface area contributed by atoms with Gasteiger partial charge in [-0.15, -0.1) is 0 Å². The highest BCUT2D eigenvalue weighted by Gasteiger charge is 2.26. The Balaban J connectivity index is 1.59. The first kappa shape index (κ1) is 20.6. The third-order valence-corrected chi connectivity index (χ3v) is 6.21. The second-order valence-corrected chi connectivity index (χ2v) is 9.16. The molecule has 0 aromatic rings. The van der Waals surface area contributed by atoms with E-state index >= 15 is 0 Å². The van der Waals surface area contributed by atoms with Gasteiger partial charge in [0, 0.05) is 38.6 Å². The number of ether oxygens (including phenoxy) is 1. The second-order valence-electron chi connectivity index (χ2n) is 7.18. The molecule has 0 spiro atoms. The van der Waals surface area contributed by atoms with Gasteiger partial charge in [0.1, 0.15) is 0 Å². The van der Waals surface area contributed by atoms with Gasteiger partial charge in [-0.05, 0) is 12.8 Å². The van der Waals surface area contributed by atoms with E-state index in [-0.39, 0.29) is 12.0 Å². The number of hydrogen-bond donors (Lipinski definition) is 2. The Morgan fingerprint density at radius 3 is 2.52 bits per heavy atom. The van der Waals surface area contributed by atoms with Crippen molar-refractivity contribution in [3.05, 3.63) is 0 Å². The minimum absolute atomic E-state index is 0.0976. The summed E-state index contributed by atoms with van der Waals surface area (Å²) in [5, 5.41) is 6.36. The molecule has 2 aliphatic rings. The van der Waals surface area contributed by atoms with Gasteiger partial charge >= 0.3 is 0 Å². The molecule has 146 valence electrons. The van der Waals surface area contributed by atoms with Gasteiger partial charge in [0.05, 0.1) is 19.0 Å². The first-order chi connectivity index (χ1) is 11.9. The summed E-state index contributed by atoms with van der Waals surface area (Å²) in [5.41, 5.74) is 0. The summed E-state index contributed by atoms with van der Waals surface area (Å²) in [6.07, 6.45) is 9.99. The van der Waals surface area contributed by atoms with Crippen LogP contribution in [0.3, 0.4) is 0 Å². The number of morpholine rings is 1. The van der Waals surface area contributed by atoms with Crippen LogP contribution in [0, 0.1) is 0 Å². The van der Waals surface area contributed by atoms with Gasteiger partial charge in [0.2, 0.25) is 15.9 Å². The molecule has 0 bridgehead atoms. The van der Waals surface area contributed by atoms with Crippen LogP contribution in [0.15, 0.2) is 0 Å². The smallest absolute Gasteiger partial charge is 0.221 e. The lowest BCUT2D eigenvalue weighted by Gasteiger charge is -2.31. The molecule has 0 aromatic carbocycles. The highest BCUT2D eigenvalue weighted by Crippen LogP contribution is 2.17. The Morgan fingerprint density at radius 2 is 1.84 bits per heavy atom. The van der Waals surface area contributed by atoms with E-state index < -0.39 is 10.0 Å². The molecule has 2 N–H and O–H groups in total. The van der Waals surface area contributed by atoms with Gasteiger partial charge in [-0.3, -0.25) is 4.79 Å². The van der Waals surface area contributed by atoms with Crippen LogP contribution in [0.25, 0.3) is 0 Å². The molecule has 1 heterocycles. The number of carbonyl (C=O) groups excluding carboxylic acids is 1. The van der Waals surface area contributed by atoms with Crippen LogP contribution < -0.4 is 10.6 Å². The van der Waals surface area contributed by atoms with Crippen LogP contribution in [0.4, 0.5) is 0 Å². The van der Waals surface area contributed by atoms with Crippen molar-refractivity contribution >= 4 is 15.9 Å². The summed E-state index contributed by atoms with van der Waals surface area (Å²) >= 11 is 0. The fourth-order valence-electron chi connectivity index (χ4n) is 3.48. The standard InChI is InChI=1S/C17H33N3O4S/c1-25(22,23)20-11-12-24-16(14-20)13-18-10-9-17(21)19-15-7-5-3-2-4-6-8-15/h15-16,18H,2-14H2,1H3,(H,19,21)/t16-/m0/s1. The zero-order valence-electron chi connectivity index (χ0n) is 15.3. The molecule has 7 nitrogen and oxygen atoms in total. The van der Waals surface area contributed by atoms with E-state index in [0.717, 1.165) is 12.8 Å². The van der Waals surface area contributed by atoms with Gasteiger partial charge in [-0.1, -0.05) is 32.1 Å². The molecule has 1 aliphatic carbocycles. The molecule has 1 saturated heterocycles. The fraction of sp³-hybridized carbons (Fsp3) is 0.941.